The van der Waals surface area contributed by atoms with Gasteiger partial charge in [0.1, 0.15) is 5.82 Å². The van der Waals surface area contributed by atoms with Gasteiger partial charge in [-0.05, 0) is 35.9 Å². The van der Waals surface area contributed by atoms with Gasteiger partial charge in [-0.3, -0.25) is 10.1 Å². The number of aromatic nitrogens is 1. The first-order chi connectivity index (χ1) is 13.4. The number of para-hydroxylation sites is 1. The first kappa shape index (κ1) is 18.3. The molecule has 9 heteroatoms. The lowest BCUT2D eigenvalue weighted by molar-refractivity contribution is -0.387. The van der Waals surface area contributed by atoms with Crippen molar-refractivity contribution in [3.8, 4) is 0 Å². The summed E-state index contributed by atoms with van der Waals surface area (Å²) in [6, 6.07) is 13.8. The molecular weight excluding hydrogens is 385 g/mol. The standard InChI is InChI=1S/C19H16FN3O4S/c20-15-9-7-14(8-10-15)19-17-5-3-11-21(17)12-13-22(19)28(26,27)18-6-2-1-4-16(18)23(24)25/h1-11,19H,12-13H2. The molecule has 0 aliphatic carbocycles. The minimum atomic E-state index is -4.18. The number of nitro groups is 1. The Morgan fingerprint density at radius 3 is 2.43 bits per heavy atom. The van der Waals surface area contributed by atoms with Gasteiger partial charge in [-0.15, -0.1) is 0 Å². The largest absolute Gasteiger partial charge is 0.348 e. The Balaban J connectivity index is 1.88. The van der Waals surface area contributed by atoms with E-state index in [0.29, 0.717) is 12.1 Å². The fraction of sp³-hybridized carbons (Fsp3) is 0.158. The summed E-state index contributed by atoms with van der Waals surface area (Å²) in [6.07, 6.45) is 1.85. The zero-order valence-electron chi connectivity index (χ0n) is 14.6. The lowest BCUT2D eigenvalue weighted by Crippen LogP contribution is -2.42. The van der Waals surface area contributed by atoms with Crippen molar-refractivity contribution < 1.29 is 17.7 Å². The van der Waals surface area contributed by atoms with Crippen LogP contribution in [0.25, 0.3) is 0 Å². The Labute approximate surface area is 160 Å². The van der Waals surface area contributed by atoms with Crippen molar-refractivity contribution >= 4 is 15.7 Å². The van der Waals surface area contributed by atoms with Crippen molar-refractivity contribution in [2.75, 3.05) is 6.54 Å². The Kier molecular flexibility index (Phi) is 4.48. The summed E-state index contributed by atoms with van der Waals surface area (Å²) in [7, 11) is -4.18. The minimum Gasteiger partial charge on any atom is -0.348 e. The van der Waals surface area contributed by atoms with Gasteiger partial charge in [-0.2, -0.15) is 4.31 Å². The number of halogens is 1. The monoisotopic (exact) mass is 401 g/mol. The quantitative estimate of drug-likeness (QED) is 0.496. The summed E-state index contributed by atoms with van der Waals surface area (Å²) in [4.78, 5) is 10.3. The van der Waals surface area contributed by atoms with E-state index in [0.717, 1.165) is 5.69 Å². The summed E-state index contributed by atoms with van der Waals surface area (Å²) in [6.45, 7) is 0.554. The predicted molar refractivity (Wildman–Crippen MR) is 99.7 cm³/mol. The second-order valence-corrected chi connectivity index (χ2v) is 8.28. The molecule has 0 bridgehead atoms. The van der Waals surface area contributed by atoms with Gasteiger partial charge in [0.2, 0.25) is 0 Å². The Morgan fingerprint density at radius 2 is 1.71 bits per heavy atom. The van der Waals surface area contributed by atoms with Crippen molar-refractivity contribution in [2.24, 2.45) is 0 Å². The molecule has 0 spiro atoms. The van der Waals surface area contributed by atoms with E-state index < -0.39 is 32.5 Å². The molecule has 7 nitrogen and oxygen atoms in total. The number of fused-ring (bicyclic) bond motifs is 1. The summed E-state index contributed by atoms with van der Waals surface area (Å²) in [5.41, 5.74) is 0.838. The average molecular weight is 401 g/mol. The first-order valence-corrected chi connectivity index (χ1v) is 9.99. The molecule has 1 atom stereocenters. The lowest BCUT2D eigenvalue weighted by Gasteiger charge is -2.36. The zero-order valence-corrected chi connectivity index (χ0v) is 15.4. The van der Waals surface area contributed by atoms with Gasteiger partial charge >= 0.3 is 0 Å². The molecule has 2 heterocycles. The predicted octanol–water partition coefficient (Wildman–Crippen LogP) is 3.33. The number of nitro benzene ring substituents is 1. The van der Waals surface area contributed by atoms with E-state index in [9.17, 15) is 22.9 Å². The Bertz CT molecular complexity index is 1140. The van der Waals surface area contributed by atoms with Crippen LogP contribution < -0.4 is 0 Å². The topological polar surface area (TPSA) is 85.4 Å². The first-order valence-electron chi connectivity index (χ1n) is 8.55. The molecule has 0 radical (unpaired) electrons. The van der Waals surface area contributed by atoms with Crippen LogP contribution in [0.2, 0.25) is 0 Å². The molecule has 0 amide bonds. The van der Waals surface area contributed by atoms with Crippen LogP contribution in [0.3, 0.4) is 0 Å². The van der Waals surface area contributed by atoms with Gasteiger partial charge < -0.3 is 4.57 Å². The molecule has 1 aliphatic rings. The Hall–Kier alpha value is -3.04. The molecule has 1 aromatic heterocycles. The van der Waals surface area contributed by atoms with Gasteiger partial charge in [0.15, 0.2) is 4.90 Å². The Morgan fingerprint density at radius 1 is 1.00 bits per heavy atom. The van der Waals surface area contributed by atoms with E-state index in [-0.39, 0.29) is 11.4 Å². The number of rotatable bonds is 4. The number of nitrogens with zero attached hydrogens (tertiary/aromatic N) is 3. The normalized spacial score (nSPS) is 17.2. The van der Waals surface area contributed by atoms with Crippen molar-refractivity contribution in [2.45, 2.75) is 17.5 Å². The van der Waals surface area contributed by atoms with E-state index in [1.54, 1.807) is 6.07 Å². The highest BCUT2D eigenvalue weighted by molar-refractivity contribution is 7.89. The third-order valence-electron chi connectivity index (χ3n) is 4.83. The fourth-order valence-corrected chi connectivity index (χ4v) is 5.29. The number of hydrogen-bond donors (Lipinski definition) is 0. The van der Waals surface area contributed by atoms with Crippen LogP contribution >= 0.6 is 0 Å². The molecule has 0 saturated heterocycles. The fourth-order valence-electron chi connectivity index (χ4n) is 3.56. The third-order valence-corrected chi connectivity index (χ3v) is 6.74. The van der Waals surface area contributed by atoms with Crippen LogP contribution in [-0.2, 0) is 16.6 Å². The van der Waals surface area contributed by atoms with Crippen molar-refractivity contribution in [1.82, 2.24) is 8.87 Å². The average Bonchev–Trinajstić information content (AvgIpc) is 3.17. The van der Waals surface area contributed by atoms with Crippen molar-refractivity contribution in [1.29, 1.82) is 0 Å². The van der Waals surface area contributed by atoms with E-state index in [4.69, 9.17) is 0 Å². The van der Waals surface area contributed by atoms with Crippen LogP contribution in [0.15, 0.2) is 71.8 Å². The van der Waals surface area contributed by atoms with Gasteiger partial charge in [-0.25, -0.2) is 12.8 Å². The van der Waals surface area contributed by atoms with Crippen LogP contribution in [-0.4, -0.2) is 28.8 Å². The molecule has 4 rings (SSSR count). The van der Waals surface area contributed by atoms with E-state index in [1.165, 1.54) is 52.8 Å². The molecule has 1 unspecified atom stereocenters. The smallest absolute Gasteiger partial charge is 0.289 e. The number of hydrogen-bond acceptors (Lipinski definition) is 4. The molecule has 1 aliphatic heterocycles. The molecule has 2 aromatic carbocycles. The highest BCUT2D eigenvalue weighted by Crippen LogP contribution is 2.38. The highest BCUT2D eigenvalue weighted by atomic mass is 32.2. The molecule has 3 aromatic rings. The lowest BCUT2D eigenvalue weighted by atomic mass is 10.0. The molecule has 144 valence electrons. The summed E-state index contributed by atoms with van der Waals surface area (Å²) in [5, 5.41) is 11.4. The van der Waals surface area contributed by atoms with Crippen LogP contribution in [0.1, 0.15) is 17.3 Å². The number of sulfonamides is 1. The summed E-state index contributed by atoms with van der Waals surface area (Å²) in [5.74, 6) is -0.428. The van der Waals surface area contributed by atoms with E-state index in [1.807, 2.05) is 16.8 Å². The van der Waals surface area contributed by atoms with Gasteiger partial charge in [0.05, 0.1) is 11.0 Å². The molecule has 0 N–H and O–H groups in total. The molecule has 0 fully saturated rings. The van der Waals surface area contributed by atoms with Gasteiger partial charge in [-0.1, -0.05) is 24.3 Å². The second kappa shape index (κ2) is 6.84. The molecule has 0 saturated carbocycles. The SMILES string of the molecule is O=[N+]([O-])c1ccccc1S(=O)(=O)N1CCn2cccc2C1c1ccc(F)cc1. The number of benzene rings is 2. The zero-order chi connectivity index (χ0) is 19.9. The van der Waals surface area contributed by atoms with E-state index in [2.05, 4.69) is 0 Å². The maximum absolute atomic E-state index is 13.4. The van der Waals surface area contributed by atoms with Gasteiger partial charge in [0.25, 0.3) is 15.7 Å². The van der Waals surface area contributed by atoms with Crippen molar-refractivity contribution in [3.63, 3.8) is 0 Å². The van der Waals surface area contributed by atoms with Gasteiger partial charge in [0, 0.05) is 31.0 Å². The molecular formula is C19H16FN3O4S. The van der Waals surface area contributed by atoms with E-state index >= 15 is 0 Å². The minimum absolute atomic E-state index is 0.137. The third kappa shape index (κ3) is 2.98. The van der Waals surface area contributed by atoms with Crippen LogP contribution in [0, 0.1) is 15.9 Å². The molecule has 28 heavy (non-hydrogen) atoms. The second-order valence-electron chi connectivity index (χ2n) is 6.42. The summed E-state index contributed by atoms with van der Waals surface area (Å²) >= 11 is 0. The van der Waals surface area contributed by atoms with Crippen molar-refractivity contribution in [3.05, 3.63) is 94.0 Å². The van der Waals surface area contributed by atoms with Crippen LogP contribution in [0.5, 0.6) is 0 Å². The maximum atomic E-state index is 13.4. The highest BCUT2D eigenvalue weighted by Gasteiger charge is 2.40. The van der Waals surface area contributed by atoms with Crippen LogP contribution in [0.4, 0.5) is 10.1 Å². The maximum Gasteiger partial charge on any atom is 0.289 e. The summed E-state index contributed by atoms with van der Waals surface area (Å²) < 4.78 is 43.5.